The molecule has 0 fully saturated rings. The Kier molecular flexibility index (Phi) is 4.86. The lowest BCUT2D eigenvalue weighted by Gasteiger charge is -2.32. The van der Waals surface area contributed by atoms with Crippen LogP contribution < -0.4 is 9.80 Å². The van der Waals surface area contributed by atoms with Crippen LogP contribution in [-0.4, -0.2) is 23.6 Å². The first kappa shape index (κ1) is 21.9. The highest BCUT2D eigenvalue weighted by molar-refractivity contribution is 6.42. The number of anilines is 2. The first-order valence-corrected chi connectivity index (χ1v) is 12.0. The Morgan fingerprint density at radius 1 is 0.444 bits per heavy atom. The fourth-order valence-electron chi connectivity index (χ4n) is 5.11. The van der Waals surface area contributed by atoms with Gasteiger partial charge < -0.3 is 0 Å². The summed E-state index contributed by atoms with van der Waals surface area (Å²) in [4.78, 5) is 56.4. The van der Waals surface area contributed by atoms with Crippen LogP contribution >= 0.6 is 0 Å². The van der Waals surface area contributed by atoms with E-state index in [1.165, 1.54) is 0 Å². The summed E-state index contributed by atoms with van der Waals surface area (Å²) in [7, 11) is 0. The van der Waals surface area contributed by atoms with Crippen LogP contribution in [0.15, 0.2) is 72.8 Å². The number of imide groups is 2. The van der Waals surface area contributed by atoms with Crippen LogP contribution in [0.5, 0.6) is 0 Å². The summed E-state index contributed by atoms with van der Waals surface area (Å²) in [6, 6.07) is 20.9. The molecule has 0 saturated heterocycles. The molecule has 0 aliphatic carbocycles. The number of carbonyl (C=O) groups is 4. The highest BCUT2D eigenvalue weighted by atomic mass is 16.2. The smallest absolute Gasteiger partial charge is 0.265 e. The van der Waals surface area contributed by atoms with E-state index in [1.54, 1.807) is 48.5 Å². The summed E-state index contributed by atoms with van der Waals surface area (Å²) in [6.45, 7) is 4.07. The molecule has 176 valence electrons. The van der Waals surface area contributed by atoms with Crippen molar-refractivity contribution in [3.8, 4) is 0 Å². The van der Waals surface area contributed by atoms with E-state index in [4.69, 9.17) is 0 Å². The Bertz CT molecular complexity index is 1430. The maximum atomic E-state index is 13.5. The number of carbonyl (C=O) groups excluding carboxylic acids is 4. The van der Waals surface area contributed by atoms with Crippen molar-refractivity contribution >= 4 is 45.8 Å². The summed E-state index contributed by atoms with van der Waals surface area (Å²) in [6.07, 6.45) is 1.69. The van der Waals surface area contributed by atoms with Crippen molar-refractivity contribution in [2.24, 2.45) is 0 Å². The highest BCUT2D eigenvalue weighted by Gasteiger charge is 2.40. The molecule has 4 amide bonds. The molecule has 0 aromatic heterocycles. The number of aryl methyl sites for hydroxylation is 2. The number of rotatable bonds is 4. The molecule has 0 unspecified atom stereocenters. The zero-order valence-electron chi connectivity index (χ0n) is 19.9. The van der Waals surface area contributed by atoms with E-state index in [2.05, 4.69) is 0 Å². The topological polar surface area (TPSA) is 74.8 Å². The van der Waals surface area contributed by atoms with Gasteiger partial charge >= 0.3 is 0 Å². The summed E-state index contributed by atoms with van der Waals surface area (Å²) >= 11 is 0. The molecule has 0 saturated carbocycles. The third-order valence-electron chi connectivity index (χ3n) is 7.10. The Hall–Kier alpha value is -4.58. The fraction of sp³-hybridized carbons (Fsp3) is 0.133. The third-order valence-corrected chi connectivity index (χ3v) is 7.10. The molecular weight excluding hydrogens is 452 g/mol. The van der Waals surface area contributed by atoms with E-state index in [0.717, 1.165) is 33.8 Å². The SMILES string of the molecule is CCc1ccc(N2C(=O)c3ccc4c5c(ccc(c35)C2=O)C(=O)N(c2ccc(CC)cc2)C4=O)cc1. The molecule has 6 heteroatoms. The minimum Gasteiger partial charge on any atom is -0.268 e. The van der Waals surface area contributed by atoms with Crippen molar-refractivity contribution in [3.05, 3.63) is 106 Å². The van der Waals surface area contributed by atoms with Gasteiger partial charge in [-0.15, -0.1) is 0 Å². The molecule has 2 aliphatic rings. The molecule has 0 radical (unpaired) electrons. The van der Waals surface area contributed by atoms with E-state index in [1.807, 2.05) is 38.1 Å². The van der Waals surface area contributed by atoms with Crippen LogP contribution in [-0.2, 0) is 12.8 Å². The maximum absolute atomic E-state index is 13.5. The minimum absolute atomic E-state index is 0.297. The van der Waals surface area contributed by atoms with Gasteiger partial charge in [-0.25, -0.2) is 9.80 Å². The highest BCUT2D eigenvalue weighted by Crippen LogP contribution is 2.40. The molecule has 4 aromatic rings. The molecule has 6 rings (SSSR count). The second-order valence-corrected chi connectivity index (χ2v) is 9.00. The average Bonchev–Trinajstić information content (AvgIpc) is 2.91. The molecule has 2 heterocycles. The predicted molar refractivity (Wildman–Crippen MR) is 138 cm³/mol. The van der Waals surface area contributed by atoms with Gasteiger partial charge in [0, 0.05) is 33.0 Å². The maximum Gasteiger partial charge on any atom is 0.265 e. The number of nitrogens with zero attached hydrogens (tertiary/aromatic N) is 2. The molecular formula is C30H22N2O4. The largest absolute Gasteiger partial charge is 0.268 e. The minimum atomic E-state index is -0.474. The zero-order valence-corrected chi connectivity index (χ0v) is 19.9. The fourth-order valence-corrected chi connectivity index (χ4v) is 5.11. The Morgan fingerprint density at radius 2 is 0.722 bits per heavy atom. The summed E-state index contributed by atoms with van der Waals surface area (Å²) in [5.74, 6) is -1.90. The summed E-state index contributed by atoms with van der Waals surface area (Å²) in [5, 5.41) is 0.730. The van der Waals surface area contributed by atoms with Crippen molar-refractivity contribution in [2.75, 3.05) is 9.80 Å². The van der Waals surface area contributed by atoms with Crippen LogP contribution in [0.3, 0.4) is 0 Å². The Balaban J connectivity index is 1.50. The molecule has 4 aromatic carbocycles. The van der Waals surface area contributed by atoms with Crippen molar-refractivity contribution in [2.45, 2.75) is 26.7 Å². The van der Waals surface area contributed by atoms with Gasteiger partial charge in [0.15, 0.2) is 0 Å². The van der Waals surface area contributed by atoms with E-state index in [-0.39, 0.29) is 0 Å². The number of hydrogen-bond donors (Lipinski definition) is 0. The molecule has 2 aliphatic heterocycles. The van der Waals surface area contributed by atoms with Gasteiger partial charge in [-0.05, 0) is 72.5 Å². The first-order chi connectivity index (χ1) is 17.4. The van der Waals surface area contributed by atoms with Crippen molar-refractivity contribution in [1.29, 1.82) is 0 Å². The molecule has 0 bridgehead atoms. The standard InChI is InChI=1S/C30H22N2O4/c1-3-17-5-9-19(10-6-17)31-27(33)21-13-15-23-26-24(16-14-22(25(21)26)28(31)34)30(36)32(29(23)35)20-11-7-18(4-2)8-12-20/h5-16H,3-4H2,1-2H3. The van der Waals surface area contributed by atoms with Crippen LogP contribution in [0, 0.1) is 0 Å². The van der Waals surface area contributed by atoms with Crippen LogP contribution in [0.1, 0.15) is 66.4 Å². The second-order valence-electron chi connectivity index (χ2n) is 9.00. The number of amides is 4. The van der Waals surface area contributed by atoms with Crippen molar-refractivity contribution in [1.82, 2.24) is 0 Å². The monoisotopic (exact) mass is 474 g/mol. The molecule has 0 atom stereocenters. The van der Waals surface area contributed by atoms with Gasteiger partial charge in [-0.3, -0.25) is 19.2 Å². The number of hydrogen-bond acceptors (Lipinski definition) is 4. The lowest BCUT2D eigenvalue weighted by atomic mass is 9.85. The molecule has 36 heavy (non-hydrogen) atoms. The quantitative estimate of drug-likeness (QED) is 0.363. The van der Waals surface area contributed by atoms with E-state index in [9.17, 15) is 19.2 Å². The second kappa shape index (κ2) is 7.99. The number of benzene rings is 4. The van der Waals surface area contributed by atoms with Crippen molar-refractivity contribution in [3.63, 3.8) is 0 Å². The van der Waals surface area contributed by atoms with Gasteiger partial charge in [-0.1, -0.05) is 38.1 Å². The zero-order chi connectivity index (χ0) is 25.1. The van der Waals surface area contributed by atoms with Gasteiger partial charge in [0.25, 0.3) is 23.6 Å². The lowest BCUT2D eigenvalue weighted by Crippen LogP contribution is -2.43. The Morgan fingerprint density at radius 3 is 0.972 bits per heavy atom. The third kappa shape index (κ3) is 2.97. The van der Waals surface area contributed by atoms with E-state index >= 15 is 0 Å². The van der Waals surface area contributed by atoms with E-state index < -0.39 is 23.6 Å². The average molecular weight is 475 g/mol. The normalized spacial score (nSPS) is 14.7. The van der Waals surface area contributed by atoms with Gasteiger partial charge in [0.05, 0.1) is 11.4 Å². The van der Waals surface area contributed by atoms with Crippen LogP contribution in [0.25, 0.3) is 10.8 Å². The molecule has 0 N–H and O–H groups in total. The lowest BCUT2D eigenvalue weighted by molar-refractivity contribution is 0.0873. The summed E-state index contributed by atoms with van der Waals surface area (Å²) in [5.41, 5.74) is 4.35. The van der Waals surface area contributed by atoms with Crippen LogP contribution in [0.2, 0.25) is 0 Å². The molecule has 0 spiro atoms. The van der Waals surface area contributed by atoms with Gasteiger partial charge in [-0.2, -0.15) is 0 Å². The summed E-state index contributed by atoms with van der Waals surface area (Å²) < 4.78 is 0. The molecule has 6 nitrogen and oxygen atoms in total. The first-order valence-electron chi connectivity index (χ1n) is 12.0. The van der Waals surface area contributed by atoms with Crippen LogP contribution in [0.4, 0.5) is 11.4 Å². The van der Waals surface area contributed by atoms with Gasteiger partial charge in [0.1, 0.15) is 0 Å². The van der Waals surface area contributed by atoms with Gasteiger partial charge in [0.2, 0.25) is 0 Å². The predicted octanol–water partition coefficient (Wildman–Crippen LogP) is 5.57. The van der Waals surface area contributed by atoms with E-state index in [0.29, 0.717) is 44.4 Å². The van der Waals surface area contributed by atoms with Crippen molar-refractivity contribution < 1.29 is 19.2 Å². The Labute approximate surface area is 207 Å².